The molecule has 0 aliphatic carbocycles. The van der Waals surface area contributed by atoms with Crippen molar-refractivity contribution in [1.82, 2.24) is 14.7 Å². The van der Waals surface area contributed by atoms with E-state index in [0.717, 1.165) is 49.4 Å². The second kappa shape index (κ2) is 9.45. The third-order valence-electron chi connectivity index (χ3n) is 7.11. The number of hydrogen-bond donors (Lipinski definition) is 1. The Balaban J connectivity index is 1.36. The first-order valence-electron chi connectivity index (χ1n) is 11.7. The zero-order chi connectivity index (χ0) is 22.7. The van der Waals surface area contributed by atoms with Crippen LogP contribution in [-0.4, -0.2) is 50.7 Å². The first-order chi connectivity index (χ1) is 15.4. The Morgan fingerprint density at radius 1 is 1.25 bits per heavy atom. The lowest BCUT2D eigenvalue weighted by Crippen LogP contribution is -2.45. The van der Waals surface area contributed by atoms with Gasteiger partial charge in [-0.2, -0.15) is 5.10 Å². The van der Waals surface area contributed by atoms with Crippen LogP contribution in [0.2, 0.25) is 0 Å². The van der Waals surface area contributed by atoms with Gasteiger partial charge in [0.2, 0.25) is 0 Å². The van der Waals surface area contributed by atoms with Crippen LogP contribution in [0.3, 0.4) is 0 Å². The fraction of sp³-hybridized carbons (Fsp3) is 0.560. The minimum atomic E-state index is -0.751. The second-order valence-corrected chi connectivity index (χ2v) is 9.33. The summed E-state index contributed by atoms with van der Waals surface area (Å²) in [4.78, 5) is 20.4. The molecule has 0 saturated carbocycles. The molecule has 1 N–H and O–H groups in total. The lowest BCUT2D eigenvalue weighted by Gasteiger charge is -2.39. The zero-order valence-corrected chi connectivity index (χ0v) is 19.4. The van der Waals surface area contributed by atoms with Crippen molar-refractivity contribution in [3.05, 3.63) is 52.8 Å². The number of likely N-dealkylation sites (tertiary alicyclic amines) is 1. The highest BCUT2D eigenvalue weighted by Gasteiger charge is 2.45. The Morgan fingerprint density at radius 3 is 2.69 bits per heavy atom. The molecule has 1 atom stereocenters. The van der Waals surface area contributed by atoms with Gasteiger partial charge in [-0.3, -0.25) is 14.4 Å². The third kappa shape index (κ3) is 4.58. The van der Waals surface area contributed by atoms with Gasteiger partial charge < -0.3 is 9.94 Å². The minimum absolute atomic E-state index is 0.179. The molecule has 1 aromatic carbocycles. The Morgan fingerprint density at radius 2 is 2.00 bits per heavy atom. The van der Waals surface area contributed by atoms with Crippen molar-refractivity contribution in [2.45, 2.75) is 72.1 Å². The summed E-state index contributed by atoms with van der Waals surface area (Å²) in [6.45, 7) is 9.62. The molecule has 1 aromatic heterocycles. The van der Waals surface area contributed by atoms with Crippen molar-refractivity contribution in [3.8, 4) is 0 Å². The summed E-state index contributed by atoms with van der Waals surface area (Å²) in [5.74, 6) is -0.711. The second-order valence-electron chi connectivity index (χ2n) is 9.33. The van der Waals surface area contributed by atoms with E-state index in [1.54, 1.807) is 0 Å². The molecule has 0 spiro atoms. The van der Waals surface area contributed by atoms with Gasteiger partial charge in [-0.15, -0.1) is 0 Å². The molecule has 0 amide bonds. The molecule has 2 aliphatic heterocycles. The molecule has 7 nitrogen and oxygen atoms in total. The lowest BCUT2D eigenvalue weighted by molar-refractivity contribution is -0.155. The number of rotatable bonds is 8. The predicted molar refractivity (Wildman–Crippen MR) is 124 cm³/mol. The van der Waals surface area contributed by atoms with E-state index in [1.165, 1.54) is 11.3 Å². The largest absolute Gasteiger partial charge is 0.481 e. The number of aromatic nitrogens is 2. The van der Waals surface area contributed by atoms with Gasteiger partial charge in [0.15, 0.2) is 0 Å². The van der Waals surface area contributed by atoms with Crippen molar-refractivity contribution < 1.29 is 14.7 Å². The zero-order valence-electron chi connectivity index (χ0n) is 19.4. The summed E-state index contributed by atoms with van der Waals surface area (Å²) < 4.78 is 2.06. The number of benzene rings is 1. The average Bonchev–Trinajstić information content (AvgIpc) is 3.37. The number of hydrogen-bond acceptors (Lipinski definition) is 5. The molecular weight excluding hydrogens is 404 g/mol. The van der Waals surface area contributed by atoms with E-state index >= 15 is 0 Å². The predicted octanol–water partition coefficient (Wildman–Crippen LogP) is 4.16. The molecule has 2 aromatic rings. The number of aliphatic carboxylic acids is 1. The molecule has 32 heavy (non-hydrogen) atoms. The van der Waals surface area contributed by atoms with E-state index in [9.17, 15) is 9.90 Å². The molecule has 3 heterocycles. The first-order valence-corrected chi connectivity index (χ1v) is 11.7. The number of aryl methyl sites for hydroxylation is 2. The van der Waals surface area contributed by atoms with Gasteiger partial charge in [-0.1, -0.05) is 36.3 Å². The summed E-state index contributed by atoms with van der Waals surface area (Å²) in [5.41, 5.74) is 4.87. The maximum absolute atomic E-state index is 12.3. The minimum Gasteiger partial charge on any atom is -0.481 e. The topological polar surface area (TPSA) is 80.0 Å². The molecule has 172 valence electrons. The van der Waals surface area contributed by atoms with E-state index in [4.69, 9.17) is 4.84 Å². The summed E-state index contributed by atoms with van der Waals surface area (Å²) in [6, 6.07) is 8.12. The van der Waals surface area contributed by atoms with Crippen LogP contribution in [0.1, 0.15) is 61.4 Å². The summed E-state index contributed by atoms with van der Waals surface area (Å²) >= 11 is 0. The fourth-order valence-corrected chi connectivity index (χ4v) is 4.99. The lowest BCUT2D eigenvalue weighted by atomic mass is 9.73. The standard InChI is InChI=1S/C25H34N4O3/c1-4-11-29-19(3)20(16-26-29)17-28-12-9-25(10-13-28,24(30)31)15-21-14-23(27-32-21)22-8-6-5-7-18(22)2/h5-8,16,21H,4,9-15,17H2,1-3H3,(H,30,31)/t21-/m0/s1. The Kier molecular flexibility index (Phi) is 6.65. The monoisotopic (exact) mass is 438 g/mol. The molecule has 0 unspecified atom stereocenters. The van der Waals surface area contributed by atoms with Gasteiger partial charge in [-0.25, -0.2) is 0 Å². The van der Waals surface area contributed by atoms with Crippen LogP contribution in [0.5, 0.6) is 0 Å². The maximum atomic E-state index is 12.3. The van der Waals surface area contributed by atoms with Gasteiger partial charge in [0.25, 0.3) is 0 Å². The van der Waals surface area contributed by atoms with Crippen molar-refractivity contribution in [2.75, 3.05) is 13.1 Å². The van der Waals surface area contributed by atoms with Crippen LogP contribution in [0.25, 0.3) is 0 Å². The molecule has 0 bridgehead atoms. The highest BCUT2D eigenvalue weighted by molar-refractivity contribution is 6.02. The van der Waals surface area contributed by atoms with Crippen molar-refractivity contribution in [1.29, 1.82) is 0 Å². The normalized spacial score (nSPS) is 20.7. The quantitative estimate of drug-likeness (QED) is 0.669. The number of carbonyl (C=O) groups is 1. The average molecular weight is 439 g/mol. The molecule has 4 rings (SSSR count). The number of nitrogens with zero attached hydrogens (tertiary/aromatic N) is 4. The van der Waals surface area contributed by atoms with Crippen LogP contribution in [0, 0.1) is 19.3 Å². The molecule has 1 fully saturated rings. The van der Waals surface area contributed by atoms with E-state index in [-0.39, 0.29) is 6.10 Å². The van der Waals surface area contributed by atoms with Crippen LogP contribution in [-0.2, 0) is 22.7 Å². The number of oxime groups is 1. The summed E-state index contributed by atoms with van der Waals surface area (Å²) in [6.07, 6.45) is 5.27. The highest BCUT2D eigenvalue weighted by atomic mass is 16.6. The van der Waals surface area contributed by atoms with Crippen LogP contribution >= 0.6 is 0 Å². The van der Waals surface area contributed by atoms with E-state index in [0.29, 0.717) is 25.7 Å². The Bertz CT molecular complexity index is 989. The van der Waals surface area contributed by atoms with Gasteiger partial charge in [-0.05, 0) is 51.8 Å². The molecule has 1 saturated heterocycles. The van der Waals surface area contributed by atoms with Gasteiger partial charge in [0.1, 0.15) is 6.10 Å². The van der Waals surface area contributed by atoms with Gasteiger partial charge in [0.05, 0.1) is 17.3 Å². The number of piperidine rings is 1. The van der Waals surface area contributed by atoms with Gasteiger partial charge in [0, 0.05) is 42.8 Å². The van der Waals surface area contributed by atoms with Crippen molar-refractivity contribution >= 4 is 11.7 Å². The van der Waals surface area contributed by atoms with Crippen LogP contribution in [0.15, 0.2) is 35.6 Å². The first kappa shape index (κ1) is 22.5. The number of carboxylic acids is 1. The van der Waals surface area contributed by atoms with Crippen LogP contribution < -0.4 is 0 Å². The Hall–Kier alpha value is -2.67. The van der Waals surface area contributed by atoms with E-state index < -0.39 is 11.4 Å². The molecule has 7 heteroatoms. The van der Waals surface area contributed by atoms with Gasteiger partial charge >= 0.3 is 5.97 Å². The summed E-state index contributed by atoms with van der Waals surface area (Å²) in [5, 5.41) is 18.9. The maximum Gasteiger partial charge on any atom is 0.309 e. The molecular formula is C25H34N4O3. The SMILES string of the molecule is CCCn1ncc(CN2CCC(C[C@@H]3CC(c4ccccc4C)=NO3)(C(=O)O)CC2)c1C. The Labute approximate surface area is 190 Å². The van der Waals surface area contributed by atoms with E-state index in [2.05, 4.69) is 52.7 Å². The molecule has 0 radical (unpaired) electrons. The fourth-order valence-electron chi connectivity index (χ4n) is 4.99. The van der Waals surface area contributed by atoms with E-state index in [1.807, 2.05) is 18.3 Å². The highest BCUT2D eigenvalue weighted by Crippen LogP contribution is 2.39. The van der Waals surface area contributed by atoms with Crippen molar-refractivity contribution in [3.63, 3.8) is 0 Å². The third-order valence-corrected chi connectivity index (χ3v) is 7.11. The smallest absolute Gasteiger partial charge is 0.309 e. The summed E-state index contributed by atoms with van der Waals surface area (Å²) in [7, 11) is 0. The van der Waals surface area contributed by atoms with Crippen LogP contribution in [0.4, 0.5) is 0 Å². The molecule has 2 aliphatic rings. The number of carboxylic acid groups (broad SMARTS) is 1. The van der Waals surface area contributed by atoms with Crippen molar-refractivity contribution in [2.24, 2.45) is 10.6 Å².